The second-order valence-corrected chi connectivity index (χ2v) is 19.7. The Kier molecular flexibility index (Phi) is 14.1. The highest BCUT2D eigenvalue weighted by molar-refractivity contribution is 7.92. The number of amides is 2. The molecule has 2 aromatic rings. The smallest absolute Gasteiger partial charge is 0.312 e. The monoisotopic (exact) mass is 744 g/mol. The van der Waals surface area contributed by atoms with Crippen molar-refractivity contribution in [3.05, 3.63) is 54.1 Å². The molecule has 4 N–H and O–H groups in total. The lowest BCUT2D eigenvalue weighted by molar-refractivity contribution is -0.157. The molecule has 2 aliphatic carbocycles. The van der Waals surface area contributed by atoms with Crippen LogP contribution in [0.1, 0.15) is 117 Å². The van der Waals surface area contributed by atoms with Crippen LogP contribution in [0.15, 0.2) is 42.9 Å². The lowest BCUT2D eigenvalue weighted by Gasteiger charge is -2.33. The van der Waals surface area contributed by atoms with Crippen molar-refractivity contribution >= 4 is 27.6 Å². The van der Waals surface area contributed by atoms with Crippen LogP contribution < -0.4 is 10.6 Å². The van der Waals surface area contributed by atoms with Crippen molar-refractivity contribution in [2.45, 2.75) is 147 Å². The summed E-state index contributed by atoms with van der Waals surface area (Å²) in [7, 11) is -3.61. The number of rotatable bonds is 17. The summed E-state index contributed by atoms with van der Waals surface area (Å²) in [6.45, 7) is 10.1. The van der Waals surface area contributed by atoms with Gasteiger partial charge in [0, 0.05) is 25.0 Å². The van der Waals surface area contributed by atoms with Crippen LogP contribution in [0.5, 0.6) is 0 Å². The number of imidazole rings is 1. The minimum atomic E-state index is -3.61. The fourth-order valence-electron chi connectivity index (χ4n) is 6.64. The Hall–Kier alpha value is -3.29. The fraction of sp³-hybridized carbons (Fsp3) is 0.692. The van der Waals surface area contributed by atoms with Crippen LogP contribution in [0.4, 0.5) is 0 Å². The van der Waals surface area contributed by atoms with E-state index >= 15 is 0 Å². The molecule has 0 spiro atoms. The Bertz CT molecular complexity index is 1590. The lowest BCUT2D eigenvalue weighted by atomic mass is 9.82. The number of carbonyl (C=O) groups excluding carboxylic acids is 3. The predicted molar refractivity (Wildman–Crippen MR) is 199 cm³/mol. The van der Waals surface area contributed by atoms with Crippen LogP contribution in [0, 0.1) is 17.3 Å². The zero-order valence-electron chi connectivity index (χ0n) is 31.7. The molecule has 52 heavy (non-hydrogen) atoms. The van der Waals surface area contributed by atoms with Crippen LogP contribution >= 0.6 is 0 Å². The first-order valence-electron chi connectivity index (χ1n) is 18.7. The van der Waals surface area contributed by atoms with E-state index in [2.05, 4.69) is 15.6 Å². The van der Waals surface area contributed by atoms with Gasteiger partial charge in [-0.05, 0) is 78.2 Å². The molecule has 0 radical (unpaired) electrons. The van der Waals surface area contributed by atoms with Gasteiger partial charge in [-0.2, -0.15) is 0 Å². The standard InChI is InChI=1S/C39H60N4O8S/c1-38(2,3)37(48)51-25-43-22-30(40-24-43)21-32(36(47)42-31(19-26-13-9-7-10-14-26)35(46)34(45)28-17-18-28)41-33(44)20-29(27-15-11-8-12-16-27)23-52(49,50)39(4,5)6/h8,11-12,15-16,22,24,26,28-29,31-32,34-35,45-46H,7,9-10,13-14,17-21,23,25H2,1-6H3,(H,41,44)(H,42,47). The number of sulfone groups is 1. The largest absolute Gasteiger partial charge is 0.443 e. The summed E-state index contributed by atoms with van der Waals surface area (Å²) in [5, 5.41) is 28.1. The molecule has 12 nitrogen and oxygen atoms in total. The summed E-state index contributed by atoms with van der Waals surface area (Å²) in [5.74, 6) is -2.08. The van der Waals surface area contributed by atoms with E-state index in [0.29, 0.717) is 17.7 Å². The summed E-state index contributed by atoms with van der Waals surface area (Å²) in [6, 6.07) is 7.13. The molecule has 5 unspecified atom stereocenters. The van der Waals surface area contributed by atoms with Crippen molar-refractivity contribution in [1.82, 2.24) is 20.2 Å². The number of carbonyl (C=O) groups is 3. The van der Waals surface area contributed by atoms with Crippen molar-refractivity contribution in [3.63, 3.8) is 0 Å². The average Bonchev–Trinajstić information content (AvgIpc) is 3.84. The highest BCUT2D eigenvalue weighted by Gasteiger charge is 2.40. The van der Waals surface area contributed by atoms with Gasteiger partial charge in [0.2, 0.25) is 11.8 Å². The molecule has 2 aliphatic rings. The number of aliphatic hydroxyl groups is 2. The summed E-state index contributed by atoms with van der Waals surface area (Å²) in [4.78, 5) is 44.7. The minimum absolute atomic E-state index is 0.00750. The zero-order valence-corrected chi connectivity index (χ0v) is 32.5. The Morgan fingerprint density at radius 3 is 2.21 bits per heavy atom. The zero-order chi connectivity index (χ0) is 38.3. The van der Waals surface area contributed by atoms with Crippen LogP contribution in [-0.4, -0.2) is 80.8 Å². The molecule has 0 aliphatic heterocycles. The Morgan fingerprint density at radius 1 is 0.962 bits per heavy atom. The molecule has 2 fully saturated rings. The van der Waals surface area contributed by atoms with Gasteiger partial charge in [-0.1, -0.05) is 62.4 Å². The van der Waals surface area contributed by atoms with Crippen molar-refractivity contribution in [2.24, 2.45) is 17.3 Å². The van der Waals surface area contributed by atoms with Gasteiger partial charge in [0.1, 0.15) is 12.1 Å². The molecule has 0 bridgehead atoms. The first-order valence-corrected chi connectivity index (χ1v) is 20.4. The third-order valence-electron chi connectivity index (χ3n) is 10.3. The van der Waals surface area contributed by atoms with Gasteiger partial charge in [-0.3, -0.25) is 14.4 Å². The molecular weight excluding hydrogens is 685 g/mol. The van der Waals surface area contributed by atoms with Crippen molar-refractivity contribution in [1.29, 1.82) is 0 Å². The highest BCUT2D eigenvalue weighted by Crippen LogP contribution is 2.36. The normalized spacial score (nSPS) is 18.8. The molecule has 2 amide bonds. The van der Waals surface area contributed by atoms with Gasteiger partial charge in [0.25, 0.3) is 0 Å². The number of nitrogens with one attached hydrogen (secondary N) is 2. The summed E-state index contributed by atoms with van der Waals surface area (Å²) in [6.07, 6.45) is 8.18. The molecule has 1 aromatic carbocycles. The number of hydrogen-bond acceptors (Lipinski definition) is 9. The molecule has 1 aromatic heterocycles. The van der Waals surface area contributed by atoms with Crippen LogP contribution in [0.3, 0.4) is 0 Å². The summed E-state index contributed by atoms with van der Waals surface area (Å²) in [5.41, 5.74) is 0.455. The van der Waals surface area contributed by atoms with Gasteiger partial charge in [-0.15, -0.1) is 0 Å². The molecule has 1 heterocycles. The molecule has 4 rings (SSSR count). The van der Waals surface area contributed by atoms with Crippen LogP contribution in [-0.2, 0) is 42.1 Å². The van der Waals surface area contributed by atoms with Crippen molar-refractivity contribution in [3.8, 4) is 0 Å². The second-order valence-electron chi connectivity index (χ2n) is 16.9. The van der Waals surface area contributed by atoms with E-state index in [1.165, 1.54) is 6.33 Å². The number of aliphatic hydroxyl groups excluding tert-OH is 2. The van der Waals surface area contributed by atoms with Crippen LogP contribution in [0.25, 0.3) is 0 Å². The Morgan fingerprint density at radius 2 is 1.62 bits per heavy atom. The molecule has 13 heteroatoms. The van der Waals surface area contributed by atoms with E-state index < -0.39 is 62.0 Å². The van der Waals surface area contributed by atoms with Crippen molar-refractivity contribution < 1.29 is 37.8 Å². The van der Waals surface area contributed by atoms with Gasteiger partial charge < -0.3 is 30.2 Å². The molecule has 0 saturated heterocycles. The summed E-state index contributed by atoms with van der Waals surface area (Å²) >= 11 is 0. The topological polar surface area (TPSA) is 177 Å². The Balaban J connectivity index is 1.57. The molecule has 5 atom stereocenters. The molecular formula is C39H60N4O8S. The third-order valence-corrected chi connectivity index (χ3v) is 13.0. The van der Waals surface area contributed by atoms with E-state index in [1.807, 2.05) is 6.07 Å². The number of hydrogen-bond donors (Lipinski definition) is 4. The van der Waals surface area contributed by atoms with Gasteiger partial charge >= 0.3 is 5.97 Å². The maximum absolute atomic E-state index is 14.2. The Labute approximate surface area is 309 Å². The first kappa shape index (κ1) is 41.5. The van der Waals surface area contributed by atoms with Crippen LogP contribution in [0.2, 0.25) is 0 Å². The maximum atomic E-state index is 14.2. The molecule has 2 saturated carbocycles. The molecule has 290 valence electrons. The predicted octanol–water partition coefficient (Wildman–Crippen LogP) is 4.43. The lowest BCUT2D eigenvalue weighted by Crippen LogP contribution is -2.56. The number of aromatic nitrogens is 2. The van der Waals surface area contributed by atoms with E-state index in [0.717, 1.165) is 44.9 Å². The van der Waals surface area contributed by atoms with Crippen molar-refractivity contribution in [2.75, 3.05) is 5.75 Å². The van der Waals surface area contributed by atoms with E-state index in [9.17, 15) is 33.0 Å². The van der Waals surface area contributed by atoms with Gasteiger partial charge in [0.15, 0.2) is 16.6 Å². The number of ether oxygens (including phenoxy) is 1. The van der Waals surface area contributed by atoms with Gasteiger partial charge in [-0.25, -0.2) is 13.4 Å². The highest BCUT2D eigenvalue weighted by atomic mass is 32.2. The van der Waals surface area contributed by atoms with Gasteiger partial charge in [0.05, 0.1) is 40.1 Å². The number of nitrogens with zero attached hydrogens (tertiary/aromatic N) is 2. The third kappa shape index (κ3) is 12.1. The number of benzene rings is 1. The van der Waals surface area contributed by atoms with E-state index in [-0.39, 0.29) is 43.1 Å². The summed E-state index contributed by atoms with van der Waals surface area (Å²) < 4.78 is 32.6. The number of esters is 1. The minimum Gasteiger partial charge on any atom is -0.443 e. The fourth-order valence-corrected chi connectivity index (χ4v) is 7.98. The second kappa shape index (κ2) is 17.7. The maximum Gasteiger partial charge on any atom is 0.312 e. The quantitative estimate of drug-likeness (QED) is 0.171. The van der Waals surface area contributed by atoms with E-state index in [4.69, 9.17) is 4.74 Å². The first-order chi connectivity index (χ1) is 24.3. The SMILES string of the molecule is CC(C)(C)C(=O)OCn1cnc(CC(NC(=O)CC(CS(=O)(=O)C(C)(C)C)c2ccccc2)C(=O)NC(CC2CCCCC2)C(O)C(O)C2CC2)c1. The van der Waals surface area contributed by atoms with E-state index in [1.54, 1.807) is 76.6 Å². The average molecular weight is 745 g/mol.